The van der Waals surface area contributed by atoms with Crippen LogP contribution in [-0.2, 0) is 0 Å². The Hall–Kier alpha value is -0.930. The first-order valence-electron chi connectivity index (χ1n) is 5.75. The van der Waals surface area contributed by atoms with E-state index in [9.17, 15) is 8.78 Å². The fourth-order valence-corrected chi connectivity index (χ4v) is 3.00. The molecule has 0 aliphatic heterocycles. The highest BCUT2D eigenvalue weighted by atomic mass is 79.9. The number of alkyl halides is 1. The summed E-state index contributed by atoms with van der Waals surface area (Å²) >= 11 is 9.56. The van der Waals surface area contributed by atoms with Crippen molar-refractivity contribution in [2.45, 2.75) is 18.7 Å². The zero-order chi connectivity index (χ0) is 14.2. The summed E-state index contributed by atoms with van der Waals surface area (Å²) in [5, 5.41) is 0.326. The van der Waals surface area contributed by atoms with E-state index in [2.05, 4.69) is 15.9 Å². The summed E-state index contributed by atoms with van der Waals surface area (Å²) in [7, 11) is 0. The van der Waals surface area contributed by atoms with E-state index >= 15 is 0 Å². The molecule has 2 aromatic carbocycles. The Balaban J connectivity index is 2.49. The molecule has 2 rings (SSSR count). The topological polar surface area (TPSA) is 0 Å². The number of benzene rings is 2. The predicted octanol–water partition coefficient (Wildman–Crippen LogP) is 5.72. The van der Waals surface area contributed by atoms with E-state index in [0.717, 1.165) is 16.7 Å². The molecule has 0 aliphatic carbocycles. The van der Waals surface area contributed by atoms with Crippen molar-refractivity contribution < 1.29 is 8.78 Å². The molecular formula is C15H12BrClF2. The number of halogens is 4. The van der Waals surface area contributed by atoms with Gasteiger partial charge in [-0.2, -0.15) is 0 Å². The first kappa shape index (κ1) is 14.5. The van der Waals surface area contributed by atoms with Gasteiger partial charge in [0.15, 0.2) is 0 Å². The van der Waals surface area contributed by atoms with E-state index in [4.69, 9.17) is 11.6 Å². The van der Waals surface area contributed by atoms with Crippen LogP contribution in [0.2, 0.25) is 5.02 Å². The maximum Gasteiger partial charge on any atom is 0.127 e. The third kappa shape index (κ3) is 3.15. The number of aryl methyl sites for hydroxylation is 2. The molecule has 19 heavy (non-hydrogen) atoms. The molecule has 100 valence electrons. The van der Waals surface area contributed by atoms with Gasteiger partial charge in [0.05, 0.1) is 4.83 Å². The molecule has 1 unspecified atom stereocenters. The first-order valence-corrected chi connectivity index (χ1v) is 7.04. The minimum atomic E-state index is -0.344. The maximum atomic E-state index is 13.4. The summed E-state index contributed by atoms with van der Waals surface area (Å²) in [5.74, 6) is -0.640. The van der Waals surface area contributed by atoms with Gasteiger partial charge in [-0.3, -0.25) is 0 Å². The molecule has 4 heteroatoms. The zero-order valence-electron chi connectivity index (χ0n) is 10.5. The predicted molar refractivity (Wildman–Crippen MR) is 78.1 cm³/mol. The second-order valence-corrected chi connectivity index (χ2v) is 5.87. The molecule has 0 fully saturated rings. The highest BCUT2D eigenvalue weighted by Gasteiger charge is 2.16. The molecule has 0 bridgehead atoms. The van der Waals surface area contributed by atoms with E-state index in [1.807, 2.05) is 13.0 Å². The van der Waals surface area contributed by atoms with Gasteiger partial charge < -0.3 is 0 Å². The molecule has 0 saturated heterocycles. The minimum absolute atomic E-state index is 0.270. The Bertz CT molecular complexity index is 606. The summed E-state index contributed by atoms with van der Waals surface area (Å²) in [6.07, 6.45) is 0. The largest absolute Gasteiger partial charge is 0.207 e. The van der Waals surface area contributed by atoms with Crippen molar-refractivity contribution in [2.75, 3.05) is 0 Å². The van der Waals surface area contributed by atoms with E-state index < -0.39 is 0 Å². The van der Waals surface area contributed by atoms with Crippen molar-refractivity contribution in [3.05, 3.63) is 69.2 Å². The summed E-state index contributed by atoms with van der Waals surface area (Å²) in [6, 6.07) is 7.74. The van der Waals surface area contributed by atoms with Crippen molar-refractivity contribution in [3.8, 4) is 0 Å². The quantitative estimate of drug-likeness (QED) is 0.611. The van der Waals surface area contributed by atoms with Gasteiger partial charge in [-0.15, -0.1) is 0 Å². The third-order valence-corrected chi connectivity index (χ3v) is 4.26. The van der Waals surface area contributed by atoms with Crippen molar-refractivity contribution in [3.63, 3.8) is 0 Å². The van der Waals surface area contributed by atoms with Crippen LogP contribution in [0.25, 0.3) is 0 Å². The average molecular weight is 346 g/mol. The molecule has 0 radical (unpaired) electrons. The van der Waals surface area contributed by atoms with Gasteiger partial charge in [0.1, 0.15) is 11.6 Å². The van der Waals surface area contributed by atoms with Crippen molar-refractivity contribution in [1.82, 2.24) is 0 Å². The summed E-state index contributed by atoms with van der Waals surface area (Å²) in [5.41, 5.74) is 2.82. The van der Waals surface area contributed by atoms with Gasteiger partial charge in [0, 0.05) is 5.02 Å². The maximum absolute atomic E-state index is 13.4. The Morgan fingerprint density at radius 1 is 1.05 bits per heavy atom. The molecule has 0 aliphatic rings. The fourth-order valence-electron chi connectivity index (χ4n) is 1.96. The van der Waals surface area contributed by atoms with Crippen molar-refractivity contribution in [2.24, 2.45) is 0 Å². The molecular weight excluding hydrogens is 334 g/mol. The lowest BCUT2D eigenvalue weighted by Crippen LogP contribution is -1.98. The normalized spacial score (nSPS) is 12.5. The Labute approximate surface area is 124 Å². The smallest absolute Gasteiger partial charge is 0.127 e. The van der Waals surface area contributed by atoms with Crippen LogP contribution in [-0.4, -0.2) is 0 Å². The Kier molecular flexibility index (Phi) is 4.26. The number of rotatable bonds is 2. The Morgan fingerprint density at radius 2 is 1.74 bits per heavy atom. The number of hydrogen-bond donors (Lipinski definition) is 0. The molecule has 0 heterocycles. The molecule has 0 saturated carbocycles. The van der Waals surface area contributed by atoms with Crippen molar-refractivity contribution >= 4 is 27.5 Å². The average Bonchev–Trinajstić information content (AvgIpc) is 2.31. The molecule has 0 nitrogen and oxygen atoms in total. The summed E-state index contributed by atoms with van der Waals surface area (Å²) in [6.45, 7) is 3.50. The lowest BCUT2D eigenvalue weighted by Gasteiger charge is -2.14. The second kappa shape index (κ2) is 5.59. The lowest BCUT2D eigenvalue weighted by molar-refractivity contribution is 0.617. The molecule has 0 N–H and O–H groups in total. The Morgan fingerprint density at radius 3 is 2.37 bits per heavy atom. The second-order valence-electron chi connectivity index (χ2n) is 4.55. The molecule has 0 spiro atoms. The van der Waals surface area contributed by atoms with Gasteiger partial charge in [0.2, 0.25) is 0 Å². The van der Waals surface area contributed by atoms with Gasteiger partial charge in [-0.25, -0.2) is 8.78 Å². The van der Waals surface area contributed by atoms with E-state index in [1.54, 1.807) is 13.0 Å². The van der Waals surface area contributed by atoms with Crippen molar-refractivity contribution in [1.29, 1.82) is 0 Å². The van der Waals surface area contributed by atoms with Gasteiger partial charge in [-0.1, -0.05) is 39.7 Å². The number of hydrogen-bond acceptors (Lipinski definition) is 0. The fraction of sp³-hybridized carbons (Fsp3) is 0.200. The van der Waals surface area contributed by atoms with Crippen LogP contribution in [0.5, 0.6) is 0 Å². The van der Waals surface area contributed by atoms with Crippen LogP contribution in [0.3, 0.4) is 0 Å². The standard InChI is InChI=1S/C15H12BrClF2/c1-8-3-10(6-11(18)4-8)15(16)12-5-9(2)14(19)7-13(12)17/h3-7,15H,1-2H3. The summed E-state index contributed by atoms with van der Waals surface area (Å²) in [4.78, 5) is -0.270. The lowest BCUT2D eigenvalue weighted by atomic mass is 10.0. The van der Waals surface area contributed by atoms with Gasteiger partial charge in [-0.05, 0) is 54.3 Å². The monoisotopic (exact) mass is 344 g/mol. The molecule has 0 aromatic heterocycles. The van der Waals surface area contributed by atoms with Crippen LogP contribution in [0, 0.1) is 25.5 Å². The van der Waals surface area contributed by atoms with E-state index in [1.165, 1.54) is 18.2 Å². The van der Waals surface area contributed by atoms with E-state index in [-0.39, 0.29) is 16.5 Å². The summed E-state index contributed by atoms with van der Waals surface area (Å²) < 4.78 is 26.8. The third-order valence-electron chi connectivity index (χ3n) is 2.91. The molecule has 0 amide bonds. The van der Waals surface area contributed by atoms with Crippen LogP contribution in [0.4, 0.5) is 8.78 Å². The first-order chi connectivity index (χ1) is 8.88. The molecule has 1 atom stereocenters. The van der Waals surface area contributed by atoms with Crippen LogP contribution in [0.15, 0.2) is 30.3 Å². The van der Waals surface area contributed by atoms with Gasteiger partial charge in [0.25, 0.3) is 0 Å². The highest BCUT2D eigenvalue weighted by molar-refractivity contribution is 9.09. The van der Waals surface area contributed by atoms with Crippen LogP contribution < -0.4 is 0 Å². The van der Waals surface area contributed by atoms with Crippen LogP contribution >= 0.6 is 27.5 Å². The highest BCUT2D eigenvalue weighted by Crippen LogP contribution is 2.37. The SMILES string of the molecule is Cc1cc(F)cc(C(Br)c2cc(C)c(F)cc2Cl)c1. The van der Waals surface area contributed by atoms with E-state index in [0.29, 0.717) is 10.6 Å². The van der Waals surface area contributed by atoms with Gasteiger partial charge >= 0.3 is 0 Å². The minimum Gasteiger partial charge on any atom is -0.207 e. The zero-order valence-corrected chi connectivity index (χ0v) is 12.8. The molecule has 2 aromatic rings. The van der Waals surface area contributed by atoms with Crippen LogP contribution in [0.1, 0.15) is 27.1 Å².